The fraction of sp³-hybridized carbons (Fsp3) is 0.500. The Bertz CT molecular complexity index is 280. The number of halogens is 1. The number of rotatable bonds is 4. The van der Waals surface area contributed by atoms with E-state index in [0.717, 1.165) is 17.0 Å². The summed E-state index contributed by atoms with van der Waals surface area (Å²) in [6.45, 7) is 4.13. The predicted molar refractivity (Wildman–Crippen MR) is 57.4 cm³/mol. The molecule has 0 radical (unpaired) electrons. The highest BCUT2D eigenvalue weighted by Crippen LogP contribution is 2.25. The molecule has 0 saturated carbocycles. The normalized spacial score (nSPS) is 13.2. The molecule has 13 heavy (non-hydrogen) atoms. The van der Waals surface area contributed by atoms with Gasteiger partial charge in [0.25, 0.3) is 0 Å². The van der Waals surface area contributed by atoms with E-state index >= 15 is 0 Å². The summed E-state index contributed by atoms with van der Waals surface area (Å²) in [6.07, 6.45) is 1.86. The van der Waals surface area contributed by atoms with Crippen molar-refractivity contribution in [3.05, 3.63) is 21.3 Å². The molecule has 0 aromatic carbocycles. The van der Waals surface area contributed by atoms with Gasteiger partial charge in [-0.25, -0.2) is 0 Å². The molecular formula is C10H13ClOS. The molecule has 0 saturated heterocycles. The van der Waals surface area contributed by atoms with Crippen LogP contribution in [-0.2, 0) is 11.2 Å². The van der Waals surface area contributed by atoms with Crippen molar-refractivity contribution in [2.75, 3.05) is 0 Å². The van der Waals surface area contributed by atoms with Crippen LogP contribution in [0.3, 0.4) is 0 Å². The van der Waals surface area contributed by atoms with Crippen LogP contribution < -0.4 is 0 Å². The van der Waals surface area contributed by atoms with Crippen molar-refractivity contribution >= 4 is 29.2 Å². The molecule has 0 N–H and O–H groups in total. The highest BCUT2D eigenvalue weighted by atomic mass is 35.5. The lowest BCUT2D eigenvalue weighted by atomic mass is 9.93. The maximum Gasteiger partial charge on any atom is 0.123 e. The monoisotopic (exact) mass is 216 g/mol. The van der Waals surface area contributed by atoms with Crippen molar-refractivity contribution < 1.29 is 4.79 Å². The Morgan fingerprint density at radius 1 is 1.54 bits per heavy atom. The first kappa shape index (κ1) is 10.7. The minimum atomic E-state index is 0.120. The molecule has 0 fully saturated rings. The van der Waals surface area contributed by atoms with Crippen molar-refractivity contribution in [1.29, 1.82) is 0 Å². The van der Waals surface area contributed by atoms with E-state index in [2.05, 4.69) is 13.8 Å². The Morgan fingerprint density at radius 3 is 2.62 bits per heavy atom. The van der Waals surface area contributed by atoms with Crippen LogP contribution in [0.1, 0.15) is 18.7 Å². The topological polar surface area (TPSA) is 17.1 Å². The highest BCUT2D eigenvalue weighted by Gasteiger charge is 2.13. The molecule has 1 atom stereocenters. The van der Waals surface area contributed by atoms with Gasteiger partial charge in [0, 0.05) is 10.8 Å². The van der Waals surface area contributed by atoms with Gasteiger partial charge in [0.05, 0.1) is 4.34 Å². The van der Waals surface area contributed by atoms with E-state index in [4.69, 9.17) is 11.6 Å². The van der Waals surface area contributed by atoms with E-state index in [1.54, 1.807) is 11.3 Å². The maximum atomic E-state index is 10.7. The van der Waals surface area contributed by atoms with Crippen LogP contribution in [0.15, 0.2) is 12.1 Å². The molecule has 0 spiro atoms. The fourth-order valence-corrected chi connectivity index (χ4v) is 2.29. The van der Waals surface area contributed by atoms with Gasteiger partial charge in [-0.05, 0) is 24.5 Å². The minimum absolute atomic E-state index is 0.120. The van der Waals surface area contributed by atoms with Crippen molar-refractivity contribution in [2.24, 2.45) is 11.8 Å². The van der Waals surface area contributed by atoms with Gasteiger partial charge in [0.1, 0.15) is 6.29 Å². The van der Waals surface area contributed by atoms with Gasteiger partial charge in [-0.1, -0.05) is 25.4 Å². The number of hydrogen-bond acceptors (Lipinski definition) is 2. The molecule has 0 aliphatic rings. The van der Waals surface area contributed by atoms with Crippen LogP contribution in [0, 0.1) is 11.8 Å². The molecule has 0 aliphatic heterocycles. The molecule has 0 bridgehead atoms. The lowest BCUT2D eigenvalue weighted by Gasteiger charge is -2.12. The average Bonchev–Trinajstić information content (AvgIpc) is 2.46. The van der Waals surface area contributed by atoms with Crippen LogP contribution in [0.2, 0.25) is 4.34 Å². The number of carbonyl (C=O) groups is 1. The summed E-state index contributed by atoms with van der Waals surface area (Å²) in [7, 11) is 0. The van der Waals surface area contributed by atoms with Gasteiger partial charge in [0.2, 0.25) is 0 Å². The molecule has 1 unspecified atom stereocenters. The highest BCUT2D eigenvalue weighted by molar-refractivity contribution is 7.16. The van der Waals surface area contributed by atoms with Crippen molar-refractivity contribution in [1.82, 2.24) is 0 Å². The smallest absolute Gasteiger partial charge is 0.123 e. The minimum Gasteiger partial charge on any atom is -0.303 e. The van der Waals surface area contributed by atoms with Crippen LogP contribution in [0.4, 0.5) is 0 Å². The molecule has 3 heteroatoms. The molecule has 1 aromatic heterocycles. The quantitative estimate of drug-likeness (QED) is 0.705. The van der Waals surface area contributed by atoms with Crippen LogP contribution >= 0.6 is 22.9 Å². The second-order valence-corrected chi connectivity index (χ2v) is 5.25. The number of aldehydes is 1. The third-order valence-electron chi connectivity index (χ3n) is 2.10. The first-order valence-electron chi connectivity index (χ1n) is 4.33. The summed E-state index contributed by atoms with van der Waals surface area (Å²) in [5.74, 6) is 0.521. The average molecular weight is 217 g/mol. The Morgan fingerprint density at radius 2 is 2.23 bits per heavy atom. The Hall–Kier alpha value is -0.340. The molecule has 1 aromatic rings. The Kier molecular flexibility index (Phi) is 3.94. The second kappa shape index (κ2) is 4.77. The molecular weight excluding hydrogens is 204 g/mol. The summed E-state index contributed by atoms with van der Waals surface area (Å²) in [4.78, 5) is 11.9. The molecule has 1 rings (SSSR count). The maximum absolute atomic E-state index is 10.7. The van der Waals surface area contributed by atoms with Crippen molar-refractivity contribution in [3.8, 4) is 0 Å². The predicted octanol–water partition coefficient (Wildman–Crippen LogP) is 3.42. The largest absolute Gasteiger partial charge is 0.303 e. The van der Waals surface area contributed by atoms with E-state index in [-0.39, 0.29) is 5.92 Å². The first-order valence-corrected chi connectivity index (χ1v) is 5.52. The zero-order valence-electron chi connectivity index (χ0n) is 7.79. The first-order chi connectivity index (χ1) is 6.13. The van der Waals surface area contributed by atoms with Gasteiger partial charge in [0.15, 0.2) is 0 Å². The molecule has 1 nitrogen and oxygen atoms in total. The SMILES string of the molecule is CC(C)C(C=O)Cc1ccc(Cl)s1. The van der Waals surface area contributed by atoms with Gasteiger partial charge < -0.3 is 4.79 Å². The van der Waals surface area contributed by atoms with E-state index in [9.17, 15) is 4.79 Å². The lowest BCUT2D eigenvalue weighted by molar-refractivity contribution is -0.112. The fourth-order valence-electron chi connectivity index (χ4n) is 1.13. The van der Waals surface area contributed by atoms with Crippen molar-refractivity contribution in [2.45, 2.75) is 20.3 Å². The van der Waals surface area contributed by atoms with E-state index in [1.165, 1.54) is 4.88 Å². The zero-order valence-corrected chi connectivity index (χ0v) is 9.36. The zero-order chi connectivity index (χ0) is 9.84. The standard InChI is InChI=1S/C10H13ClOS/c1-7(2)8(6-12)5-9-3-4-10(11)13-9/h3-4,6-8H,5H2,1-2H3. The molecule has 72 valence electrons. The van der Waals surface area contributed by atoms with Crippen molar-refractivity contribution in [3.63, 3.8) is 0 Å². The number of carbonyl (C=O) groups excluding carboxylic acids is 1. The Balaban J connectivity index is 2.61. The lowest BCUT2D eigenvalue weighted by Crippen LogP contribution is -2.12. The molecule has 0 amide bonds. The third-order valence-corrected chi connectivity index (χ3v) is 3.35. The Labute approximate surface area is 87.7 Å². The van der Waals surface area contributed by atoms with Crippen LogP contribution in [-0.4, -0.2) is 6.29 Å². The third kappa shape index (κ3) is 3.12. The second-order valence-electron chi connectivity index (χ2n) is 3.45. The van der Waals surface area contributed by atoms with Gasteiger partial charge in [-0.3, -0.25) is 0 Å². The molecule has 0 aliphatic carbocycles. The summed E-state index contributed by atoms with van der Waals surface area (Å²) < 4.78 is 0.795. The summed E-state index contributed by atoms with van der Waals surface area (Å²) in [5.41, 5.74) is 0. The van der Waals surface area contributed by atoms with Crippen LogP contribution in [0.5, 0.6) is 0 Å². The van der Waals surface area contributed by atoms with E-state index < -0.39 is 0 Å². The molecule has 1 heterocycles. The van der Waals surface area contributed by atoms with Crippen LogP contribution in [0.25, 0.3) is 0 Å². The summed E-state index contributed by atoms with van der Waals surface area (Å²) in [6, 6.07) is 3.87. The number of hydrogen-bond donors (Lipinski definition) is 0. The summed E-state index contributed by atoms with van der Waals surface area (Å²) >= 11 is 7.35. The van der Waals surface area contributed by atoms with E-state index in [1.807, 2.05) is 12.1 Å². The van der Waals surface area contributed by atoms with E-state index in [0.29, 0.717) is 5.92 Å². The summed E-state index contributed by atoms with van der Waals surface area (Å²) in [5, 5.41) is 0. The van der Waals surface area contributed by atoms with Gasteiger partial charge in [-0.2, -0.15) is 0 Å². The van der Waals surface area contributed by atoms with Gasteiger partial charge in [-0.15, -0.1) is 11.3 Å². The number of thiophene rings is 1. The van der Waals surface area contributed by atoms with Gasteiger partial charge >= 0.3 is 0 Å².